The summed E-state index contributed by atoms with van der Waals surface area (Å²) >= 11 is -0.818. The number of aromatic amines is 1. The Labute approximate surface area is 166 Å². The zero-order valence-electron chi connectivity index (χ0n) is 15.8. The standard InChI is InChI=1S/C19H23N5O3S/c1-28(25)12-2-9-27-16-13-17(24-7-10-26-11-8-24)22-18-14(16)3-5-20-19(18)15-4-6-21-23-15/h3-6,13H,2,7-12H2,1H3,(H,21,23). The molecule has 0 radical (unpaired) electrons. The maximum absolute atomic E-state index is 11.3. The molecule has 0 amide bonds. The average Bonchev–Trinajstić information content (AvgIpc) is 3.25. The zero-order valence-corrected chi connectivity index (χ0v) is 16.6. The molecule has 4 rings (SSSR count). The second-order valence-corrected chi connectivity index (χ2v) is 8.14. The van der Waals surface area contributed by atoms with Crippen LogP contribution in [0.3, 0.4) is 0 Å². The third kappa shape index (κ3) is 4.21. The predicted molar refractivity (Wildman–Crippen MR) is 109 cm³/mol. The van der Waals surface area contributed by atoms with Crippen LogP contribution < -0.4 is 9.64 Å². The Kier molecular flexibility index (Phi) is 5.94. The minimum Gasteiger partial charge on any atom is -0.617 e. The fraction of sp³-hybridized carbons (Fsp3) is 0.421. The van der Waals surface area contributed by atoms with E-state index >= 15 is 0 Å². The highest BCUT2D eigenvalue weighted by atomic mass is 32.2. The van der Waals surface area contributed by atoms with Crippen molar-refractivity contribution in [2.24, 2.45) is 0 Å². The quantitative estimate of drug-likeness (QED) is 0.477. The predicted octanol–water partition coefficient (Wildman–Crippen LogP) is 2.00. The van der Waals surface area contributed by atoms with Crippen LogP contribution in [-0.4, -0.2) is 69.6 Å². The van der Waals surface area contributed by atoms with Crippen molar-refractivity contribution in [2.75, 3.05) is 49.8 Å². The molecule has 1 aliphatic heterocycles. The summed E-state index contributed by atoms with van der Waals surface area (Å²) < 4.78 is 22.9. The van der Waals surface area contributed by atoms with E-state index in [9.17, 15) is 4.55 Å². The molecule has 148 valence electrons. The Balaban J connectivity index is 1.73. The topological polar surface area (TPSA) is 99.2 Å². The van der Waals surface area contributed by atoms with Gasteiger partial charge >= 0.3 is 0 Å². The van der Waals surface area contributed by atoms with E-state index in [2.05, 4.69) is 20.1 Å². The lowest BCUT2D eigenvalue weighted by atomic mass is 10.1. The van der Waals surface area contributed by atoms with Crippen LogP contribution >= 0.6 is 0 Å². The summed E-state index contributed by atoms with van der Waals surface area (Å²) in [5, 5.41) is 7.90. The van der Waals surface area contributed by atoms with Crippen LogP contribution in [0.25, 0.3) is 22.3 Å². The summed E-state index contributed by atoms with van der Waals surface area (Å²) in [6.45, 7) is 3.43. The molecule has 1 unspecified atom stereocenters. The Morgan fingerprint density at radius 3 is 2.89 bits per heavy atom. The van der Waals surface area contributed by atoms with Gasteiger partial charge in [0.25, 0.3) is 0 Å². The second-order valence-electron chi connectivity index (χ2n) is 6.58. The minimum absolute atomic E-state index is 0.503. The van der Waals surface area contributed by atoms with E-state index < -0.39 is 11.2 Å². The van der Waals surface area contributed by atoms with Crippen molar-refractivity contribution in [3.63, 3.8) is 0 Å². The van der Waals surface area contributed by atoms with Gasteiger partial charge in [-0.1, -0.05) is 11.2 Å². The number of aromatic nitrogens is 4. The van der Waals surface area contributed by atoms with Crippen LogP contribution in [0.15, 0.2) is 30.6 Å². The number of pyridine rings is 2. The zero-order chi connectivity index (χ0) is 19.3. The van der Waals surface area contributed by atoms with E-state index in [0.29, 0.717) is 25.6 Å². The van der Waals surface area contributed by atoms with Gasteiger partial charge in [0.15, 0.2) is 0 Å². The summed E-state index contributed by atoms with van der Waals surface area (Å²) in [4.78, 5) is 11.6. The Hall–Kier alpha value is -2.36. The smallest absolute Gasteiger partial charge is 0.133 e. The molecule has 3 aromatic rings. The van der Waals surface area contributed by atoms with E-state index in [-0.39, 0.29) is 0 Å². The van der Waals surface area contributed by atoms with Gasteiger partial charge in [-0.3, -0.25) is 10.1 Å². The van der Waals surface area contributed by atoms with E-state index in [4.69, 9.17) is 14.5 Å². The van der Waals surface area contributed by atoms with Crippen molar-refractivity contribution in [1.82, 2.24) is 20.2 Å². The molecule has 8 nitrogen and oxygen atoms in total. The van der Waals surface area contributed by atoms with Crippen molar-refractivity contribution >= 4 is 27.9 Å². The number of hydrogen-bond donors (Lipinski definition) is 1. The number of nitrogens with one attached hydrogen (secondary N) is 1. The number of hydrogen-bond acceptors (Lipinski definition) is 7. The summed E-state index contributed by atoms with van der Waals surface area (Å²) in [6.07, 6.45) is 5.89. The molecule has 1 atom stereocenters. The summed E-state index contributed by atoms with van der Waals surface area (Å²) in [6, 6.07) is 5.77. The molecule has 1 N–H and O–H groups in total. The minimum atomic E-state index is -0.818. The first-order chi connectivity index (χ1) is 13.7. The van der Waals surface area contributed by atoms with Crippen molar-refractivity contribution in [3.05, 3.63) is 30.6 Å². The fourth-order valence-electron chi connectivity index (χ4n) is 3.21. The van der Waals surface area contributed by atoms with Gasteiger partial charge in [0, 0.05) is 43.4 Å². The number of ether oxygens (including phenoxy) is 2. The molecule has 0 saturated carbocycles. The maximum atomic E-state index is 11.3. The fourth-order valence-corrected chi connectivity index (χ4v) is 3.74. The van der Waals surface area contributed by atoms with Crippen LogP contribution in [0, 0.1) is 0 Å². The normalized spacial score (nSPS) is 15.7. The highest BCUT2D eigenvalue weighted by molar-refractivity contribution is 7.90. The Morgan fingerprint density at radius 2 is 2.14 bits per heavy atom. The second kappa shape index (κ2) is 8.76. The number of H-pyrrole nitrogens is 1. The molecule has 9 heteroatoms. The van der Waals surface area contributed by atoms with Crippen LogP contribution in [0.1, 0.15) is 6.42 Å². The van der Waals surface area contributed by atoms with Crippen molar-refractivity contribution < 1.29 is 14.0 Å². The van der Waals surface area contributed by atoms with Gasteiger partial charge < -0.3 is 18.9 Å². The molecule has 1 saturated heterocycles. The van der Waals surface area contributed by atoms with Crippen LogP contribution in [0.4, 0.5) is 5.82 Å². The molecule has 28 heavy (non-hydrogen) atoms. The van der Waals surface area contributed by atoms with Gasteiger partial charge in [-0.2, -0.15) is 5.10 Å². The summed E-state index contributed by atoms with van der Waals surface area (Å²) in [7, 11) is 0. The monoisotopic (exact) mass is 401 g/mol. The lowest BCUT2D eigenvalue weighted by Crippen LogP contribution is -2.36. The highest BCUT2D eigenvalue weighted by Gasteiger charge is 2.18. The van der Waals surface area contributed by atoms with E-state index in [1.807, 2.05) is 18.2 Å². The van der Waals surface area contributed by atoms with Gasteiger partial charge in [-0.25, -0.2) is 4.98 Å². The van der Waals surface area contributed by atoms with E-state index in [0.717, 1.165) is 53.4 Å². The van der Waals surface area contributed by atoms with Gasteiger partial charge in [-0.05, 0) is 12.1 Å². The highest BCUT2D eigenvalue weighted by Crippen LogP contribution is 2.33. The lowest BCUT2D eigenvalue weighted by Gasteiger charge is -2.28. The molecule has 0 aromatic carbocycles. The van der Waals surface area contributed by atoms with Crippen molar-refractivity contribution in [1.29, 1.82) is 0 Å². The molecular weight excluding hydrogens is 378 g/mol. The molecule has 1 aliphatic rings. The summed E-state index contributed by atoms with van der Waals surface area (Å²) in [5.74, 6) is 2.23. The SMILES string of the molecule is C[S+]([O-])CCCOc1cc(N2CCOCC2)nc2c(-c3ccn[nH]3)nccc12. The van der Waals surface area contributed by atoms with Gasteiger partial charge in [-0.15, -0.1) is 0 Å². The number of fused-ring (bicyclic) bond motifs is 1. The Morgan fingerprint density at radius 1 is 1.29 bits per heavy atom. The third-order valence-electron chi connectivity index (χ3n) is 4.60. The van der Waals surface area contributed by atoms with Gasteiger partial charge in [0.05, 0.1) is 31.8 Å². The molecule has 0 aliphatic carbocycles. The van der Waals surface area contributed by atoms with Crippen LogP contribution in [0.2, 0.25) is 0 Å². The molecule has 0 bridgehead atoms. The largest absolute Gasteiger partial charge is 0.617 e. The Bertz CT molecular complexity index is 913. The maximum Gasteiger partial charge on any atom is 0.133 e. The van der Waals surface area contributed by atoms with Crippen LogP contribution in [-0.2, 0) is 15.9 Å². The van der Waals surface area contributed by atoms with E-state index in [1.54, 1.807) is 18.6 Å². The number of anilines is 1. The average molecular weight is 401 g/mol. The first kappa shape index (κ1) is 19.0. The molecule has 0 spiro atoms. The summed E-state index contributed by atoms with van der Waals surface area (Å²) in [5.41, 5.74) is 2.32. The number of rotatable bonds is 7. The van der Waals surface area contributed by atoms with Crippen LogP contribution in [0.5, 0.6) is 5.75 Å². The third-order valence-corrected chi connectivity index (χ3v) is 5.46. The first-order valence-electron chi connectivity index (χ1n) is 9.27. The molecule has 4 heterocycles. The van der Waals surface area contributed by atoms with Crippen molar-refractivity contribution in [2.45, 2.75) is 6.42 Å². The molecule has 3 aromatic heterocycles. The van der Waals surface area contributed by atoms with E-state index in [1.165, 1.54) is 0 Å². The molecular formula is C19H23N5O3S. The number of nitrogens with zero attached hydrogens (tertiary/aromatic N) is 4. The van der Waals surface area contributed by atoms with Crippen molar-refractivity contribution in [3.8, 4) is 17.1 Å². The molecule has 1 fully saturated rings. The number of morpholine rings is 1. The van der Waals surface area contributed by atoms with Gasteiger partial charge in [0.2, 0.25) is 0 Å². The first-order valence-corrected chi connectivity index (χ1v) is 11.0. The lowest BCUT2D eigenvalue weighted by molar-refractivity contribution is 0.122. The van der Waals surface area contributed by atoms with Gasteiger partial charge in [0.1, 0.15) is 28.5 Å².